The van der Waals surface area contributed by atoms with Gasteiger partial charge in [0.25, 0.3) is 0 Å². The van der Waals surface area contributed by atoms with Gasteiger partial charge in [-0.05, 0) is 61.7 Å². The number of hydrogen-bond acceptors (Lipinski definition) is 2. The third-order valence-corrected chi connectivity index (χ3v) is 11.5. The largest absolute Gasteiger partial charge is 0.415 e. The number of hydrogen-bond donors (Lipinski definition) is 0. The van der Waals surface area contributed by atoms with Gasteiger partial charge >= 0.3 is 0 Å². The highest BCUT2D eigenvalue weighted by molar-refractivity contribution is 9.10. The second-order valence-corrected chi connectivity index (χ2v) is 14.6. The highest BCUT2D eigenvalue weighted by Crippen LogP contribution is 2.38. The number of carbonyl (C=O) groups is 1. The van der Waals surface area contributed by atoms with Crippen molar-refractivity contribution < 1.29 is 9.22 Å². The molecule has 5 heteroatoms. The van der Waals surface area contributed by atoms with Gasteiger partial charge in [0.2, 0.25) is 5.91 Å². The molecule has 2 rings (SSSR count). The average Bonchev–Trinajstić information content (AvgIpc) is 2.76. The number of halogens is 1. The van der Waals surface area contributed by atoms with Crippen molar-refractivity contribution in [3.63, 3.8) is 0 Å². The summed E-state index contributed by atoms with van der Waals surface area (Å²) < 4.78 is 7.56. The molecule has 1 aliphatic rings. The Morgan fingerprint density at radius 2 is 1.76 bits per heavy atom. The van der Waals surface area contributed by atoms with Crippen LogP contribution in [0.1, 0.15) is 45.2 Å². The van der Waals surface area contributed by atoms with Crippen molar-refractivity contribution >= 4 is 35.8 Å². The standard InChI is InChI=1S/C20H32BrNO2Si/c1-13-9-16(10-14(2)18(13)21)22-17(11-15(3)19(22)23)12-24-25(7,8)20(4,5)6/h9-10,15,17H,11-12H2,1-8H3/t15?,17-/m1/s1. The number of carbonyl (C=O) groups excluding carboxylic acids is 1. The first-order valence-corrected chi connectivity index (χ1v) is 12.8. The van der Waals surface area contributed by atoms with E-state index in [0.29, 0.717) is 6.61 Å². The van der Waals surface area contributed by atoms with Crippen molar-refractivity contribution in [2.45, 2.75) is 72.1 Å². The van der Waals surface area contributed by atoms with E-state index < -0.39 is 8.32 Å². The summed E-state index contributed by atoms with van der Waals surface area (Å²) in [5.74, 6) is 0.266. The fourth-order valence-electron chi connectivity index (χ4n) is 3.10. The summed E-state index contributed by atoms with van der Waals surface area (Å²) in [6, 6.07) is 4.33. The lowest BCUT2D eigenvalue weighted by atomic mass is 10.1. The Morgan fingerprint density at radius 1 is 1.24 bits per heavy atom. The van der Waals surface area contributed by atoms with E-state index >= 15 is 0 Å². The minimum atomic E-state index is -1.82. The monoisotopic (exact) mass is 425 g/mol. The lowest BCUT2D eigenvalue weighted by molar-refractivity contribution is -0.120. The van der Waals surface area contributed by atoms with Crippen LogP contribution < -0.4 is 4.90 Å². The van der Waals surface area contributed by atoms with Gasteiger partial charge in [-0.1, -0.05) is 43.6 Å². The van der Waals surface area contributed by atoms with Crippen LogP contribution in [0, 0.1) is 19.8 Å². The summed E-state index contributed by atoms with van der Waals surface area (Å²) in [5.41, 5.74) is 3.31. The van der Waals surface area contributed by atoms with Crippen molar-refractivity contribution in [2.75, 3.05) is 11.5 Å². The number of nitrogens with zero attached hydrogens (tertiary/aromatic N) is 1. The van der Waals surface area contributed by atoms with Crippen LogP contribution in [-0.4, -0.2) is 26.9 Å². The predicted octanol–water partition coefficient (Wildman–Crippen LogP) is 5.83. The Bertz CT molecular complexity index is 643. The maximum Gasteiger partial charge on any atom is 0.230 e. The quantitative estimate of drug-likeness (QED) is 0.567. The van der Waals surface area contributed by atoms with E-state index in [1.54, 1.807) is 0 Å². The smallest absolute Gasteiger partial charge is 0.230 e. The van der Waals surface area contributed by atoms with Gasteiger partial charge in [-0.2, -0.15) is 0 Å². The summed E-state index contributed by atoms with van der Waals surface area (Å²) in [6.45, 7) is 18.1. The van der Waals surface area contributed by atoms with Gasteiger partial charge < -0.3 is 9.33 Å². The highest BCUT2D eigenvalue weighted by atomic mass is 79.9. The van der Waals surface area contributed by atoms with Gasteiger partial charge in [0.05, 0.1) is 12.6 Å². The minimum Gasteiger partial charge on any atom is -0.415 e. The van der Waals surface area contributed by atoms with Crippen molar-refractivity contribution in [1.29, 1.82) is 0 Å². The van der Waals surface area contributed by atoms with Crippen LogP contribution in [0.2, 0.25) is 18.1 Å². The first kappa shape index (κ1) is 20.7. The zero-order chi connectivity index (χ0) is 19.2. The number of benzene rings is 1. The second-order valence-electron chi connectivity index (χ2n) is 8.96. The van der Waals surface area contributed by atoms with Gasteiger partial charge in [0.15, 0.2) is 8.32 Å². The molecule has 1 saturated heterocycles. The molecule has 1 aromatic carbocycles. The Kier molecular flexibility index (Phi) is 5.92. The summed E-state index contributed by atoms with van der Waals surface area (Å²) in [4.78, 5) is 14.8. The van der Waals surface area contributed by atoms with Gasteiger partial charge in [-0.15, -0.1) is 0 Å². The molecule has 3 nitrogen and oxygen atoms in total. The summed E-state index contributed by atoms with van der Waals surface area (Å²) in [5, 5.41) is 0.177. The maximum atomic E-state index is 12.8. The fourth-order valence-corrected chi connectivity index (χ4v) is 4.37. The molecule has 0 saturated carbocycles. The summed E-state index contributed by atoms with van der Waals surface area (Å²) in [6.07, 6.45) is 0.863. The zero-order valence-electron chi connectivity index (χ0n) is 16.9. The van der Waals surface area contributed by atoms with E-state index in [1.807, 2.05) is 11.8 Å². The number of amides is 1. The summed E-state index contributed by atoms with van der Waals surface area (Å²) in [7, 11) is -1.82. The molecule has 1 aliphatic heterocycles. The van der Waals surface area contributed by atoms with E-state index in [0.717, 1.165) is 27.7 Å². The van der Waals surface area contributed by atoms with E-state index in [1.165, 1.54) is 0 Å². The van der Waals surface area contributed by atoms with Crippen LogP contribution >= 0.6 is 15.9 Å². The summed E-state index contributed by atoms with van der Waals surface area (Å²) >= 11 is 3.62. The van der Waals surface area contributed by atoms with E-state index in [4.69, 9.17) is 4.43 Å². The van der Waals surface area contributed by atoms with Crippen LogP contribution in [0.15, 0.2) is 16.6 Å². The molecule has 0 aromatic heterocycles. The number of aryl methyl sites for hydroxylation is 2. The SMILES string of the molecule is Cc1cc(N2C(=O)C(C)C[C@@H]2CO[Si](C)(C)C(C)(C)C)cc(C)c1Br. The van der Waals surface area contributed by atoms with Gasteiger partial charge in [0.1, 0.15) is 0 Å². The van der Waals surface area contributed by atoms with Gasteiger partial charge in [-0.3, -0.25) is 4.79 Å². The molecule has 140 valence electrons. The lowest BCUT2D eigenvalue weighted by Gasteiger charge is -2.38. The Balaban J connectivity index is 2.27. The van der Waals surface area contributed by atoms with Crippen LogP contribution in [0.5, 0.6) is 0 Å². The van der Waals surface area contributed by atoms with Crippen LogP contribution in [0.25, 0.3) is 0 Å². The van der Waals surface area contributed by atoms with Crippen LogP contribution in [-0.2, 0) is 9.22 Å². The van der Waals surface area contributed by atoms with E-state index in [2.05, 4.69) is 75.8 Å². The molecule has 2 atom stereocenters. The van der Waals surface area contributed by atoms with Crippen LogP contribution in [0.3, 0.4) is 0 Å². The second kappa shape index (κ2) is 7.16. The van der Waals surface area contributed by atoms with Crippen molar-refractivity contribution in [3.8, 4) is 0 Å². The molecule has 0 N–H and O–H groups in total. The number of anilines is 1. The molecule has 0 spiro atoms. The van der Waals surface area contributed by atoms with Gasteiger partial charge in [0, 0.05) is 16.1 Å². The molecule has 25 heavy (non-hydrogen) atoms. The molecular formula is C20H32BrNO2Si. The first-order chi connectivity index (χ1) is 11.3. The van der Waals surface area contributed by atoms with Gasteiger partial charge in [-0.25, -0.2) is 0 Å². The molecule has 1 aromatic rings. The molecule has 0 radical (unpaired) electrons. The molecule has 1 unspecified atom stereocenters. The molecule has 1 fully saturated rings. The normalized spacial score (nSPS) is 22.0. The van der Waals surface area contributed by atoms with Crippen molar-refractivity contribution in [1.82, 2.24) is 0 Å². The molecule has 1 heterocycles. The zero-order valence-corrected chi connectivity index (χ0v) is 19.5. The van der Waals surface area contributed by atoms with E-state index in [9.17, 15) is 4.79 Å². The molecule has 1 amide bonds. The molecule has 0 bridgehead atoms. The first-order valence-electron chi connectivity index (χ1n) is 9.09. The Labute approximate surface area is 162 Å². The van der Waals surface area contributed by atoms with Crippen molar-refractivity contribution in [2.24, 2.45) is 5.92 Å². The Morgan fingerprint density at radius 3 is 2.24 bits per heavy atom. The topological polar surface area (TPSA) is 29.5 Å². The van der Waals surface area contributed by atoms with Crippen molar-refractivity contribution in [3.05, 3.63) is 27.7 Å². The predicted molar refractivity (Wildman–Crippen MR) is 112 cm³/mol. The lowest BCUT2D eigenvalue weighted by Crippen LogP contribution is -2.45. The van der Waals surface area contributed by atoms with Crippen LogP contribution in [0.4, 0.5) is 5.69 Å². The van der Waals surface area contributed by atoms with E-state index in [-0.39, 0.29) is 22.9 Å². The third kappa shape index (κ3) is 4.20. The third-order valence-electron chi connectivity index (χ3n) is 5.79. The minimum absolute atomic E-state index is 0.0530. The fraction of sp³-hybridized carbons (Fsp3) is 0.650. The maximum absolute atomic E-state index is 12.8. The molecule has 0 aliphatic carbocycles. The number of rotatable bonds is 4. The molecular weight excluding hydrogens is 394 g/mol. The Hall–Kier alpha value is -0.653. The average molecular weight is 426 g/mol. The highest BCUT2D eigenvalue weighted by Gasteiger charge is 2.42.